The van der Waals surface area contributed by atoms with Crippen LogP contribution < -0.4 is 11.3 Å². The van der Waals surface area contributed by atoms with Crippen LogP contribution in [0.15, 0.2) is 0 Å². The Labute approximate surface area is 116 Å². The molecule has 0 bridgehead atoms. The van der Waals surface area contributed by atoms with Crippen LogP contribution in [-0.2, 0) is 9.47 Å². The van der Waals surface area contributed by atoms with Crippen molar-refractivity contribution in [1.29, 1.82) is 0 Å². The highest BCUT2D eigenvalue weighted by atomic mass is 16.5. The number of rotatable bonds is 4. The first-order chi connectivity index (χ1) is 9.24. The van der Waals surface area contributed by atoms with E-state index in [1.165, 1.54) is 12.8 Å². The van der Waals surface area contributed by atoms with Gasteiger partial charge in [0.1, 0.15) is 0 Å². The number of ether oxygens (including phenoxy) is 2. The lowest BCUT2D eigenvalue weighted by Gasteiger charge is -2.46. The maximum Gasteiger partial charge on any atom is 0.0729 e. The lowest BCUT2D eigenvalue weighted by molar-refractivity contribution is -0.152. The normalized spacial score (nSPS) is 34.1. The summed E-state index contributed by atoms with van der Waals surface area (Å²) in [6, 6.07) is 0.455. The van der Waals surface area contributed by atoms with Gasteiger partial charge in [-0.05, 0) is 56.3 Å². The second kappa shape index (κ2) is 5.68. The lowest BCUT2D eigenvalue weighted by atomic mass is 9.74. The van der Waals surface area contributed by atoms with Gasteiger partial charge in [-0.1, -0.05) is 6.92 Å². The average Bonchev–Trinajstić information content (AvgIpc) is 3.25. The maximum absolute atomic E-state index is 6.14. The van der Waals surface area contributed by atoms with Crippen molar-refractivity contribution < 1.29 is 9.47 Å². The third kappa shape index (κ3) is 2.97. The van der Waals surface area contributed by atoms with Crippen LogP contribution in [0.2, 0.25) is 0 Å². The van der Waals surface area contributed by atoms with Gasteiger partial charge in [0.05, 0.1) is 5.60 Å². The first-order valence-corrected chi connectivity index (χ1v) is 7.92. The standard InChI is InChI=1S/C15H28N2O2/c1-11(12-2-3-12)14(17-16)13-4-7-19-15(10-13)5-8-18-9-6-15/h11-14,17H,2-10,16H2,1H3. The van der Waals surface area contributed by atoms with Crippen LogP contribution >= 0.6 is 0 Å². The summed E-state index contributed by atoms with van der Waals surface area (Å²) in [7, 11) is 0. The molecule has 3 aliphatic rings. The molecule has 0 aromatic rings. The molecule has 3 N–H and O–H groups in total. The Balaban J connectivity index is 1.65. The summed E-state index contributed by atoms with van der Waals surface area (Å²) in [5.41, 5.74) is 3.21. The Morgan fingerprint density at radius 1 is 1.11 bits per heavy atom. The third-order valence-electron chi connectivity index (χ3n) is 5.57. The van der Waals surface area contributed by atoms with E-state index >= 15 is 0 Å². The van der Waals surface area contributed by atoms with Crippen LogP contribution in [0, 0.1) is 17.8 Å². The molecule has 1 spiro atoms. The van der Waals surface area contributed by atoms with Gasteiger partial charge in [0.2, 0.25) is 0 Å². The van der Waals surface area contributed by atoms with Gasteiger partial charge in [0, 0.05) is 25.9 Å². The number of hydrazine groups is 1. The van der Waals surface area contributed by atoms with Gasteiger partial charge < -0.3 is 9.47 Å². The number of hydrogen-bond donors (Lipinski definition) is 2. The average molecular weight is 268 g/mol. The van der Waals surface area contributed by atoms with Gasteiger partial charge in [-0.3, -0.25) is 11.3 Å². The molecule has 3 unspecified atom stereocenters. The van der Waals surface area contributed by atoms with Crippen LogP contribution in [0.4, 0.5) is 0 Å². The van der Waals surface area contributed by atoms with E-state index in [-0.39, 0.29) is 5.60 Å². The van der Waals surface area contributed by atoms with E-state index in [0.29, 0.717) is 17.9 Å². The van der Waals surface area contributed by atoms with Gasteiger partial charge in [-0.15, -0.1) is 0 Å². The van der Waals surface area contributed by atoms with Crippen LogP contribution in [-0.4, -0.2) is 31.5 Å². The lowest BCUT2D eigenvalue weighted by Crippen LogP contribution is -2.53. The van der Waals surface area contributed by atoms with Crippen molar-refractivity contribution in [2.45, 2.75) is 57.1 Å². The van der Waals surface area contributed by atoms with Crippen molar-refractivity contribution in [2.24, 2.45) is 23.6 Å². The second-order valence-electron chi connectivity index (χ2n) is 6.79. The third-order valence-corrected chi connectivity index (χ3v) is 5.57. The smallest absolute Gasteiger partial charge is 0.0729 e. The van der Waals surface area contributed by atoms with E-state index in [1.807, 2.05) is 0 Å². The van der Waals surface area contributed by atoms with Crippen molar-refractivity contribution in [3.8, 4) is 0 Å². The van der Waals surface area contributed by atoms with Crippen molar-refractivity contribution >= 4 is 0 Å². The molecular weight excluding hydrogens is 240 g/mol. The SMILES string of the molecule is CC(C1CC1)C(NN)C1CCOC2(CCOCC2)C1. The molecule has 4 nitrogen and oxygen atoms in total. The van der Waals surface area contributed by atoms with Crippen molar-refractivity contribution in [2.75, 3.05) is 19.8 Å². The monoisotopic (exact) mass is 268 g/mol. The molecule has 0 aromatic heterocycles. The van der Waals surface area contributed by atoms with E-state index in [2.05, 4.69) is 12.3 Å². The van der Waals surface area contributed by atoms with Gasteiger partial charge in [0.15, 0.2) is 0 Å². The molecule has 3 atom stereocenters. The second-order valence-corrected chi connectivity index (χ2v) is 6.79. The predicted molar refractivity (Wildman–Crippen MR) is 74.5 cm³/mol. The first-order valence-electron chi connectivity index (χ1n) is 7.92. The first kappa shape index (κ1) is 13.8. The molecular formula is C15H28N2O2. The minimum atomic E-state index is 0.0829. The van der Waals surface area contributed by atoms with Crippen molar-refractivity contribution in [3.63, 3.8) is 0 Å². The largest absolute Gasteiger partial charge is 0.381 e. The Morgan fingerprint density at radius 3 is 2.47 bits per heavy atom. The van der Waals surface area contributed by atoms with Gasteiger partial charge >= 0.3 is 0 Å². The maximum atomic E-state index is 6.14. The van der Waals surface area contributed by atoms with Crippen LogP contribution in [0.25, 0.3) is 0 Å². The Morgan fingerprint density at radius 2 is 1.84 bits per heavy atom. The number of hydrogen-bond acceptors (Lipinski definition) is 4. The summed E-state index contributed by atoms with van der Waals surface area (Å²) in [6.45, 7) is 4.96. The molecule has 1 aliphatic carbocycles. The highest BCUT2D eigenvalue weighted by Crippen LogP contribution is 2.44. The summed E-state index contributed by atoms with van der Waals surface area (Å²) in [5, 5.41) is 0. The zero-order valence-corrected chi connectivity index (χ0v) is 12.1. The fourth-order valence-corrected chi connectivity index (χ4v) is 4.10. The summed E-state index contributed by atoms with van der Waals surface area (Å²) < 4.78 is 11.6. The van der Waals surface area contributed by atoms with E-state index < -0.39 is 0 Å². The van der Waals surface area contributed by atoms with Gasteiger partial charge in [0.25, 0.3) is 0 Å². The molecule has 2 heterocycles. The molecule has 3 rings (SSSR count). The molecule has 19 heavy (non-hydrogen) atoms. The van der Waals surface area contributed by atoms with E-state index in [1.54, 1.807) is 0 Å². The quantitative estimate of drug-likeness (QED) is 0.603. The zero-order valence-electron chi connectivity index (χ0n) is 12.1. The fraction of sp³-hybridized carbons (Fsp3) is 1.00. The Bertz CT molecular complexity index is 295. The van der Waals surface area contributed by atoms with Gasteiger partial charge in [-0.2, -0.15) is 0 Å². The molecule has 0 aromatic carbocycles. The molecule has 2 aliphatic heterocycles. The van der Waals surface area contributed by atoms with Crippen LogP contribution in [0.3, 0.4) is 0 Å². The topological polar surface area (TPSA) is 56.5 Å². The highest BCUT2D eigenvalue weighted by Gasteiger charge is 2.44. The number of nitrogens with two attached hydrogens (primary N) is 1. The Hall–Kier alpha value is -0.160. The predicted octanol–water partition coefficient (Wildman–Crippen LogP) is 1.84. The molecule has 4 heteroatoms. The molecule has 0 radical (unpaired) electrons. The van der Waals surface area contributed by atoms with Crippen molar-refractivity contribution in [1.82, 2.24) is 5.43 Å². The molecule has 0 amide bonds. The van der Waals surface area contributed by atoms with Crippen molar-refractivity contribution in [3.05, 3.63) is 0 Å². The molecule has 2 saturated heterocycles. The van der Waals surface area contributed by atoms with Crippen LogP contribution in [0.5, 0.6) is 0 Å². The van der Waals surface area contributed by atoms with Gasteiger partial charge in [-0.25, -0.2) is 0 Å². The fourth-order valence-electron chi connectivity index (χ4n) is 4.10. The number of nitrogens with one attached hydrogen (secondary N) is 1. The molecule has 3 fully saturated rings. The minimum Gasteiger partial charge on any atom is -0.381 e. The molecule has 1 saturated carbocycles. The molecule has 110 valence electrons. The summed E-state index contributed by atoms with van der Waals surface area (Å²) in [6.07, 6.45) is 7.19. The van der Waals surface area contributed by atoms with E-state index in [9.17, 15) is 0 Å². The summed E-state index contributed by atoms with van der Waals surface area (Å²) in [4.78, 5) is 0. The Kier molecular flexibility index (Phi) is 4.13. The van der Waals surface area contributed by atoms with E-state index in [0.717, 1.165) is 51.4 Å². The van der Waals surface area contributed by atoms with Crippen LogP contribution in [0.1, 0.15) is 45.4 Å². The minimum absolute atomic E-state index is 0.0829. The zero-order chi connectivity index (χ0) is 13.3. The van der Waals surface area contributed by atoms with E-state index in [4.69, 9.17) is 15.3 Å². The summed E-state index contributed by atoms with van der Waals surface area (Å²) >= 11 is 0. The highest BCUT2D eigenvalue weighted by molar-refractivity contribution is 4.96. The summed E-state index contributed by atoms with van der Waals surface area (Å²) in [5.74, 6) is 8.13.